The van der Waals surface area contributed by atoms with Gasteiger partial charge in [-0.3, -0.25) is 4.79 Å². The summed E-state index contributed by atoms with van der Waals surface area (Å²) in [5.41, 5.74) is 8.38. The van der Waals surface area contributed by atoms with Crippen molar-refractivity contribution in [1.82, 2.24) is 14.5 Å². The van der Waals surface area contributed by atoms with E-state index in [0.29, 0.717) is 17.3 Å². The fraction of sp³-hybridized carbons (Fsp3) is 0.316. The van der Waals surface area contributed by atoms with Crippen LogP contribution in [0.1, 0.15) is 6.92 Å². The van der Waals surface area contributed by atoms with Crippen LogP contribution in [-0.2, 0) is 16.1 Å². The van der Waals surface area contributed by atoms with Crippen LogP contribution in [0, 0.1) is 0 Å². The third-order valence-electron chi connectivity index (χ3n) is 4.61. The monoisotopic (exact) mass is 385 g/mol. The van der Waals surface area contributed by atoms with E-state index in [1.807, 2.05) is 30.5 Å². The molecule has 0 bridgehead atoms. The zero-order chi connectivity index (χ0) is 19.0. The number of ether oxygens (including phenoxy) is 1. The lowest BCUT2D eigenvalue weighted by Crippen LogP contribution is -2.56. The normalized spacial score (nSPS) is 14.4. The Morgan fingerprint density at radius 2 is 2.07 bits per heavy atom. The van der Waals surface area contributed by atoms with E-state index in [2.05, 4.69) is 14.9 Å². The number of nitrogens with zero attached hydrogens (tertiary/aromatic N) is 4. The number of anilines is 1. The van der Waals surface area contributed by atoms with E-state index in [1.165, 1.54) is 6.33 Å². The number of halogens is 1. The van der Waals surface area contributed by atoms with Crippen LogP contribution in [0.25, 0.3) is 22.2 Å². The first kappa shape index (κ1) is 17.8. The summed E-state index contributed by atoms with van der Waals surface area (Å²) in [4.78, 5) is 23.1. The minimum absolute atomic E-state index is 0.0742. The smallest absolute Gasteiger partial charge is 0.325 e. The van der Waals surface area contributed by atoms with Crippen LogP contribution in [0.4, 0.5) is 5.82 Å². The molecule has 140 valence electrons. The number of carbonyl (C=O) groups is 1. The summed E-state index contributed by atoms with van der Waals surface area (Å²) in [5.74, 6) is 0.491. The van der Waals surface area contributed by atoms with Gasteiger partial charge < -0.3 is 19.9 Å². The van der Waals surface area contributed by atoms with Gasteiger partial charge >= 0.3 is 5.97 Å². The Morgan fingerprint density at radius 1 is 1.30 bits per heavy atom. The van der Waals surface area contributed by atoms with Crippen LogP contribution >= 0.6 is 11.6 Å². The summed E-state index contributed by atoms with van der Waals surface area (Å²) in [6.07, 6.45) is 3.40. The number of esters is 1. The van der Waals surface area contributed by atoms with E-state index in [1.54, 1.807) is 11.5 Å². The molecule has 0 aliphatic carbocycles. The van der Waals surface area contributed by atoms with Crippen molar-refractivity contribution in [3.05, 3.63) is 41.8 Å². The Labute approximate surface area is 161 Å². The van der Waals surface area contributed by atoms with Gasteiger partial charge in [-0.1, -0.05) is 29.8 Å². The number of fused-ring (bicyclic) bond motifs is 1. The van der Waals surface area contributed by atoms with Gasteiger partial charge in [0.15, 0.2) is 0 Å². The van der Waals surface area contributed by atoms with Crippen LogP contribution in [0.3, 0.4) is 0 Å². The molecule has 1 aliphatic rings. The Balaban J connectivity index is 1.89. The van der Waals surface area contributed by atoms with Crippen molar-refractivity contribution in [2.45, 2.75) is 19.5 Å². The molecule has 1 saturated heterocycles. The summed E-state index contributed by atoms with van der Waals surface area (Å²) < 4.78 is 6.89. The topological polar surface area (TPSA) is 86.3 Å². The third-order valence-corrected chi connectivity index (χ3v) is 4.94. The summed E-state index contributed by atoms with van der Waals surface area (Å²) in [5, 5.41) is 1.49. The van der Waals surface area contributed by atoms with Crippen LogP contribution < -0.4 is 10.6 Å². The molecule has 7 nitrogen and oxygen atoms in total. The van der Waals surface area contributed by atoms with Crippen molar-refractivity contribution < 1.29 is 9.53 Å². The molecule has 3 aromatic rings. The molecule has 8 heteroatoms. The Bertz CT molecular complexity index is 997. The van der Waals surface area contributed by atoms with Gasteiger partial charge in [0.25, 0.3) is 0 Å². The lowest BCUT2D eigenvalue weighted by atomic mass is 10.0. The quantitative estimate of drug-likeness (QED) is 0.679. The summed E-state index contributed by atoms with van der Waals surface area (Å²) in [6, 6.07) is 7.74. The minimum Gasteiger partial charge on any atom is -0.465 e. The van der Waals surface area contributed by atoms with Gasteiger partial charge in [-0.05, 0) is 13.0 Å². The van der Waals surface area contributed by atoms with E-state index in [9.17, 15) is 4.79 Å². The van der Waals surface area contributed by atoms with Gasteiger partial charge in [0, 0.05) is 41.5 Å². The highest BCUT2D eigenvalue weighted by Gasteiger charge is 2.28. The average Bonchev–Trinajstić information content (AvgIpc) is 2.98. The molecular weight excluding hydrogens is 366 g/mol. The van der Waals surface area contributed by atoms with E-state index in [-0.39, 0.29) is 18.6 Å². The predicted octanol–water partition coefficient (Wildman–Crippen LogP) is 2.46. The lowest BCUT2D eigenvalue weighted by molar-refractivity contribution is -0.143. The van der Waals surface area contributed by atoms with E-state index < -0.39 is 0 Å². The van der Waals surface area contributed by atoms with Gasteiger partial charge in [-0.15, -0.1) is 0 Å². The van der Waals surface area contributed by atoms with Crippen LogP contribution in [0.15, 0.2) is 36.8 Å². The predicted molar refractivity (Wildman–Crippen MR) is 105 cm³/mol. The molecule has 0 amide bonds. The molecule has 4 rings (SSSR count). The minimum atomic E-state index is -0.314. The molecule has 0 unspecified atom stereocenters. The number of carbonyl (C=O) groups excluding carboxylic acids is 1. The number of hydrogen-bond acceptors (Lipinski definition) is 6. The van der Waals surface area contributed by atoms with Crippen molar-refractivity contribution >= 4 is 34.4 Å². The van der Waals surface area contributed by atoms with Crippen molar-refractivity contribution in [3.8, 4) is 11.1 Å². The summed E-state index contributed by atoms with van der Waals surface area (Å²) in [6.45, 7) is 3.66. The van der Waals surface area contributed by atoms with Gasteiger partial charge in [0.05, 0.1) is 12.0 Å². The number of aromatic nitrogens is 3. The molecule has 1 aromatic carbocycles. The fourth-order valence-electron chi connectivity index (χ4n) is 3.38. The van der Waals surface area contributed by atoms with Crippen molar-refractivity contribution in [1.29, 1.82) is 0 Å². The summed E-state index contributed by atoms with van der Waals surface area (Å²) in [7, 11) is 0. The molecule has 1 aliphatic heterocycles. The number of nitrogens with two attached hydrogens (primary N) is 1. The Morgan fingerprint density at radius 3 is 2.78 bits per heavy atom. The first-order chi connectivity index (χ1) is 13.1. The molecule has 0 radical (unpaired) electrons. The number of hydrogen-bond donors (Lipinski definition) is 1. The molecule has 2 N–H and O–H groups in total. The standard InChI is InChI=1S/C19H20ClN5O2/c1-2-27-16(26)10-25-9-14(13-5-3-4-6-15(13)20)17-18(22-11-23-19(17)25)24-7-12(21)8-24/h3-6,9,11-12H,2,7-8,10,21H2,1H3. The number of benzene rings is 1. The second kappa shape index (κ2) is 7.17. The zero-order valence-corrected chi connectivity index (χ0v) is 15.7. The SMILES string of the molecule is CCOC(=O)Cn1cc(-c2ccccc2Cl)c2c(N3CC(N)C3)ncnc21. The van der Waals surface area contributed by atoms with Crippen molar-refractivity contribution in [2.24, 2.45) is 5.73 Å². The van der Waals surface area contributed by atoms with E-state index in [0.717, 1.165) is 35.4 Å². The maximum atomic E-state index is 12.1. The highest BCUT2D eigenvalue weighted by Crippen LogP contribution is 2.39. The Hall–Kier alpha value is -2.64. The maximum absolute atomic E-state index is 12.1. The maximum Gasteiger partial charge on any atom is 0.325 e. The zero-order valence-electron chi connectivity index (χ0n) is 14.9. The molecule has 1 fully saturated rings. The van der Waals surface area contributed by atoms with Gasteiger partial charge in [0.2, 0.25) is 0 Å². The molecular formula is C19H20ClN5O2. The Kier molecular flexibility index (Phi) is 4.72. The fourth-order valence-corrected chi connectivity index (χ4v) is 3.62. The second-order valence-electron chi connectivity index (χ2n) is 6.52. The van der Waals surface area contributed by atoms with Crippen LogP contribution in [0.5, 0.6) is 0 Å². The molecule has 3 heterocycles. The first-order valence-corrected chi connectivity index (χ1v) is 9.21. The molecule has 0 saturated carbocycles. The van der Waals surface area contributed by atoms with Gasteiger partial charge in [-0.2, -0.15) is 0 Å². The largest absolute Gasteiger partial charge is 0.465 e. The number of rotatable bonds is 5. The lowest BCUT2D eigenvalue weighted by Gasteiger charge is -2.38. The second-order valence-corrected chi connectivity index (χ2v) is 6.92. The average molecular weight is 386 g/mol. The highest BCUT2D eigenvalue weighted by atomic mass is 35.5. The highest BCUT2D eigenvalue weighted by molar-refractivity contribution is 6.33. The van der Waals surface area contributed by atoms with Crippen LogP contribution in [-0.4, -0.2) is 46.2 Å². The van der Waals surface area contributed by atoms with E-state index >= 15 is 0 Å². The van der Waals surface area contributed by atoms with Crippen LogP contribution in [0.2, 0.25) is 5.02 Å². The van der Waals surface area contributed by atoms with E-state index in [4.69, 9.17) is 22.1 Å². The van der Waals surface area contributed by atoms with Crippen molar-refractivity contribution in [2.75, 3.05) is 24.6 Å². The van der Waals surface area contributed by atoms with Crippen molar-refractivity contribution in [3.63, 3.8) is 0 Å². The van der Waals surface area contributed by atoms with Gasteiger partial charge in [0.1, 0.15) is 24.3 Å². The van der Waals surface area contributed by atoms with Gasteiger partial charge in [-0.25, -0.2) is 9.97 Å². The summed E-state index contributed by atoms with van der Waals surface area (Å²) >= 11 is 6.45. The molecule has 0 spiro atoms. The molecule has 27 heavy (non-hydrogen) atoms. The molecule has 2 aromatic heterocycles. The third kappa shape index (κ3) is 3.24. The molecule has 0 atom stereocenters. The first-order valence-electron chi connectivity index (χ1n) is 8.83.